The summed E-state index contributed by atoms with van der Waals surface area (Å²) in [5.41, 5.74) is 7.24. The van der Waals surface area contributed by atoms with E-state index in [-0.39, 0.29) is 0 Å². The number of ether oxygens (including phenoxy) is 2. The quantitative estimate of drug-likeness (QED) is 0.735. The molecule has 1 aromatic rings. The minimum absolute atomic E-state index is 0.579. The van der Waals surface area contributed by atoms with Crippen molar-refractivity contribution in [2.75, 3.05) is 43.3 Å². The van der Waals surface area contributed by atoms with E-state index in [4.69, 9.17) is 15.2 Å². The lowest BCUT2D eigenvalue weighted by atomic mass is 10.2. The first-order valence-corrected chi connectivity index (χ1v) is 7.21. The molecule has 0 radical (unpaired) electrons. The lowest BCUT2D eigenvalue weighted by Gasteiger charge is -2.13. The first-order valence-electron chi connectivity index (χ1n) is 5.72. The molecule has 0 fully saturated rings. The molecule has 102 valence electrons. The Morgan fingerprint density at radius 3 is 2.44 bits per heavy atom. The third-order valence-electron chi connectivity index (χ3n) is 2.52. The van der Waals surface area contributed by atoms with Crippen molar-refractivity contribution in [2.45, 2.75) is 6.92 Å². The molecule has 0 aromatic heterocycles. The van der Waals surface area contributed by atoms with Crippen LogP contribution in [0.2, 0.25) is 0 Å². The maximum atomic E-state index is 11.3. The molecular weight excluding hydrogens is 252 g/mol. The third kappa shape index (κ3) is 3.80. The van der Waals surface area contributed by atoms with Crippen molar-refractivity contribution < 1.29 is 13.7 Å². The van der Waals surface area contributed by atoms with E-state index in [1.54, 1.807) is 26.4 Å². The van der Waals surface area contributed by atoms with Gasteiger partial charge in [-0.2, -0.15) is 0 Å². The van der Waals surface area contributed by atoms with Gasteiger partial charge in [0.05, 0.1) is 25.6 Å². The Bertz CT molecular complexity index is 424. The van der Waals surface area contributed by atoms with Crippen molar-refractivity contribution in [3.05, 3.63) is 12.1 Å². The molecule has 6 heteroatoms. The molecular formula is C12H20N2O3S. The number of benzene rings is 1. The van der Waals surface area contributed by atoms with E-state index in [0.717, 1.165) is 5.69 Å². The largest absolute Gasteiger partial charge is 0.493 e. The minimum Gasteiger partial charge on any atom is -0.493 e. The number of anilines is 2. The first-order chi connectivity index (χ1) is 8.62. The summed E-state index contributed by atoms with van der Waals surface area (Å²) >= 11 is 0. The van der Waals surface area contributed by atoms with E-state index in [9.17, 15) is 4.21 Å². The van der Waals surface area contributed by atoms with Gasteiger partial charge in [-0.3, -0.25) is 4.21 Å². The van der Waals surface area contributed by atoms with Gasteiger partial charge in [0.15, 0.2) is 11.5 Å². The van der Waals surface area contributed by atoms with Crippen LogP contribution in [-0.2, 0) is 10.8 Å². The molecule has 1 atom stereocenters. The molecule has 0 heterocycles. The Kier molecular flexibility index (Phi) is 5.77. The molecule has 1 rings (SSSR count). The zero-order chi connectivity index (χ0) is 13.5. The molecule has 1 unspecified atom stereocenters. The SMILES string of the molecule is CCS(=O)CCNc1cc(OC)c(OC)cc1N. The van der Waals surface area contributed by atoms with Crippen LogP contribution in [0, 0.1) is 0 Å². The molecule has 0 aliphatic heterocycles. The Labute approximate surface area is 110 Å². The van der Waals surface area contributed by atoms with Gasteiger partial charge in [0.25, 0.3) is 0 Å². The van der Waals surface area contributed by atoms with Gasteiger partial charge < -0.3 is 20.5 Å². The van der Waals surface area contributed by atoms with Crippen molar-refractivity contribution in [2.24, 2.45) is 0 Å². The summed E-state index contributed by atoms with van der Waals surface area (Å²) in [5.74, 6) is 2.48. The summed E-state index contributed by atoms with van der Waals surface area (Å²) in [5, 5.41) is 3.15. The molecule has 0 aliphatic rings. The molecule has 1 aromatic carbocycles. The van der Waals surface area contributed by atoms with E-state index in [2.05, 4.69) is 5.32 Å². The highest BCUT2D eigenvalue weighted by Crippen LogP contribution is 2.34. The Morgan fingerprint density at radius 2 is 1.89 bits per heavy atom. The minimum atomic E-state index is -0.780. The smallest absolute Gasteiger partial charge is 0.162 e. The van der Waals surface area contributed by atoms with Crippen LogP contribution in [0.25, 0.3) is 0 Å². The summed E-state index contributed by atoms with van der Waals surface area (Å²) in [6.07, 6.45) is 0. The van der Waals surface area contributed by atoms with E-state index >= 15 is 0 Å². The van der Waals surface area contributed by atoms with Crippen LogP contribution in [0.5, 0.6) is 11.5 Å². The number of hydrogen-bond donors (Lipinski definition) is 2. The zero-order valence-corrected chi connectivity index (χ0v) is 11.8. The monoisotopic (exact) mass is 272 g/mol. The van der Waals surface area contributed by atoms with Crippen molar-refractivity contribution in [3.8, 4) is 11.5 Å². The Balaban J connectivity index is 2.73. The van der Waals surface area contributed by atoms with Crippen molar-refractivity contribution >= 4 is 22.2 Å². The molecule has 0 saturated heterocycles. The standard InChI is InChI=1S/C12H20N2O3S/c1-4-18(15)6-5-14-10-8-12(17-3)11(16-2)7-9(10)13/h7-8,14H,4-6,13H2,1-3H3. The van der Waals surface area contributed by atoms with E-state index in [1.807, 2.05) is 6.92 Å². The van der Waals surface area contributed by atoms with Gasteiger partial charge in [-0.25, -0.2) is 0 Å². The van der Waals surface area contributed by atoms with E-state index in [0.29, 0.717) is 35.2 Å². The predicted molar refractivity (Wildman–Crippen MR) is 76.0 cm³/mol. The van der Waals surface area contributed by atoms with Crippen molar-refractivity contribution in [1.29, 1.82) is 0 Å². The highest BCUT2D eigenvalue weighted by atomic mass is 32.2. The number of nitrogens with one attached hydrogen (secondary N) is 1. The summed E-state index contributed by atoms with van der Waals surface area (Å²) in [4.78, 5) is 0. The first kappa shape index (κ1) is 14.6. The molecule has 5 nitrogen and oxygen atoms in total. The van der Waals surface area contributed by atoms with Gasteiger partial charge in [0.1, 0.15) is 0 Å². The summed E-state index contributed by atoms with van der Waals surface area (Å²) in [6, 6.07) is 3.49. The average molecular weight is 272 g/mol. The molecule has 0 spiro atoms. The van der Waals surface area contributed by atoms with Gasteiger partial charge >= 0.3 is 0 Å². The van der Waals surface area contributed by atoms with Crippen LogP contribution >= 0.6 is 0 Å². The second kappa shape index (κ2) is 7.10. The second-order valence-corrected chi connectivity index (χ2v) is 5.52. The molecule has 0 saturated carbocycles. The van der Waals surface area contributed by atoms with Crippen LogP contribution in [0.1, 0.15) is 6.92 Å². The van der Waals surface area contributed by atoms with Crippen LogP contribution < -0.4 is 20.5 Å². The number of nitrogens with two attached hydrogens (primary N) is 1. The number of rotatable bonds is 7. The molecule has 0 amide bonds. The van der Waals surface area contributed by atoms with Crippen molar-refractivity contribution in [1.82, 2.24) is 0 Å². The van der Waals surface area contributed by atoms with Crippen LogP contribution in [-0.4, -0.2) is 36.5 Å². The second-order valence-electron chi connectivity index (χ2n) is 3.65. The topological polar surface area (TPSA) is 73.6 Å². The van der Waals surface area contributed by atoms with Crippen LogP contribution in [0.4, 0.5) is 11.4 Å². The number of hydrogen-bond acceptors (Lipinski definition) is 5. The highest BCUT2D eigenvalue weighted by Gasteiger charge is 2.08. The van der Waals surface area contributed by atoms with Crippen LogP contribution in [0.15, 0.2) is 12.1 Å². The number of methoxy groups -OCH3 is 2. The molecule has 0 bridgehead atoms. The normalized spacial score (nSPS) is 11.9. The molecule has 3 N–H and O–H groups in total. The fourth-order valence-electron chi connectivity index (χ4n) is 1.49. The average Bonchev–Trinajstić information content (AvgIpc) is 2.39. The number of nitrogen functional groups attached to an aromatic ring is 1. The fourth-order valence-corrected chi connectivity index (χ4v) is 2.11. The Hall–Kier alpha value is -1.43. The highest BCUT2D eigenvalue weighted by molar-refractivity contribution is 7.84. The molecule has 0 aliphatic carbocycles. The lowest BCUT2D eigenvalue weighted by molar-refractivity contribution is 0.355. The zero-order valence-electron chi connectivity index (χ0n) is 11.0. The summed E-state index contributed by atoms with van der Waals surface area (Å²) < 4.78 is 21.7. The fraction of sp³-hybridized carbons (Fsp3) is 0.500. The van der Waals surface area contributed by atoms with Gasteiger partial charge in [-0.15, -0.1) is 0 Å². The Morgan fingerprint density at radius 1 is 1.28 bits per heavy atom. The predicted octanol–water partition coefficient (Wildman–Crippen LogP) is 1.47. The van der Waals surface area contributed by atoms with Gasteiger partial charge in [-0.1, -0.05) is 6.92 Å². The summed E-state index contributed by atoms with van der Waals surface area (Å²) in [7, 11) is 2.36. The van der Waals surface area contributed by atoms with Gasteiger partial charge in [0.2, 0.25) is 0 Å². The van der Waals surface area contributed by atoms with E-state index in [1.165, 1.54) is 0 Å². The summed E-state index contributed by atoms with van der Waals surface area (Å²) in [6.45, 7) is 2.51. The van der Waals surface area contributed by atoms with Gasteiger partial charge in [-0.05, 0) is 0 Å². The molecule has 18 heavy (non-hydrogen) atoms. The van der Waals surface area contributed by atoms with Crippen molar-refractivity contribution in [3.63, 3.8) is 0 Å². The maximum absolute atomic E-state index is 11.3. The maximum Gasteiger partial charge on any atom is 0.162 e. The third-order valence-corrected chi connectivity index (χ3v) is 3.83. The van der Waals surface area contributed by atoms with E-state index < -0.39 is 10.8 Å². The van der Waals surface area contributed by atoms with Crippen LogP contribution in [0.3, 0.4) is 0 Å². The van der Waals surface area contributed by atoms with Gasteiger partial charge in [0, 0.05) is 41.0 Å². The lowest BCUT2D eigenvalue weighted by Crippen LogP contribution is -2.13.